The summed E-state index contributed by atoms with van der Waals surface area (Å²) >= 11 is 0. The fraction of sp³-hybridized carbons (Fsp3) is 0.538. The molecule has 1 rings (SSSR count). The van der Waals surface area contributed by atoms with Gasteiger partial charge in [0.15, 0.2) is 11.5 Å². The lowest BCUT2D eigenvalue weighted by atomic mass is 10.1. The fourth-order valence-electron chi connectivity index (χ4n) is 1.61. The number of benzene rings is 1. The van der Waals surface area contributed by atoms with Crippen molar-refractivity contribution in [1.29, 1.82) is 0 Å². The van der Waals surface area contributed by atoms with E-state index >= 15 is 0 Å². The van der Waals surface area contributed by atoms with Gasteiger partial charge in [0.2, 0.25) is 9.05 Å². The van der Waals surface area contributed by atoms with Gasteiger partial charge in [0.05, 0.1) is 19.5 Å². The molecule has 0 saturated carbocycles. The number of hydrogen-bond donors (Lipinski definition) is 0. The van der Waals surface area contributed by atoms with E-state index in [4.69, 9.17) is 20.2 Å². The Labute approximate surface area is 119 Å². The first-order valence-electron chi connectivity index (χ1n) is 6.18. The van der Waals surface area contributed by atoms with Crippen molar-refractivity contribution in [3.63, 3.8) is 0 Å². The quantitative estimate of drug-likeness (QED) is 0.547. The summed E-state index contributed by atoms with van der Waals surface area (Å²) in [5.74, 6) is 1.35. The minimum Gasteiger partial charge on any atom is -0.493 e. The third kappa shape index (κ3) is 6.16. The molecule has 0 aliphatic heterocycles. The van der Waals surface area contributed by atoms with E-state index in [0.29, 0.717) is 30.9 Å². The van der Waals surface area contributed by atoms with Crippen molar-refractivity contribution >= 4 is 19.7 Å². The summed E-state index contributed by atoms with van der Waals surface area (Å²) in [7, 11) is 3.32. The first-order valence-corrected chi connectivity index (χ1v) is 8.66. The normalized spacial score (nSPS) is 11.3. The summed E-state index contributed by atoms with van der Waals surface area (Å²) in [6.45, 7) is 2.51. The topological polar surface area (TPSA) is 52.6 Å². The van der Waals surface area contributed by atoms with Gasteiger partial charge in [-0.05, 0) is 37.0 Å². The number of halogens is 1. The maximum atomic E-state index is 10.7. The molecule has 1 aromatic rings. The Hall–Kier alpha value is -0.940. The molecule has 0 fully saturated rings. The van der Waals surface area contributed by atoms with Crippen molar-refractivity contribution in [3.8, 4) is 11.5 Å². The van der Waals surface area contributed by atoms with Crippen molar-refractivity contribution in [2.45, 2.75) is 26.2 Å². The number of hydrogen-bond acceptors (Lipinski definition) is 4. The predicted molar refractivity (Wildman–Crippen MR) is 76.7 cm³/mol. The molecule has 0 amide bonds. The fourth-order valence-corrected chi connectivity index (χ4v) is 2.49. The summed E-state index contributed by atoms with van der Waals surface area (Å²) in [4.78, 5) is 0. The molecule has 0 unspecified atom stereocenters. The maximum absolute atomic E-state index is 10.7. The van der Waals surface area contributed by atoms with Gasteiger partial charge in [-0.25, -0.2) is 8.42 Å². The van der Waals surface area contributed by atoms with E-state index in [1.807, 2.05) is 18.2 Å². The molecule has 108 valence electrons. The highest BCUT2D eigenvalue weighted by atomic mass is 35.7. The minimum absolute atomic E-state index is 0.0240. The Morgan fingerprint density at radius 2 is 1.95 bits per heavy atom. The second-order valence-electron chi connectivity index (χ2n) is 4.14. The number of rotatable bonds is 8. The summed E-state index contributed by atoms with van der Waals surface area (Å²) in [6, 6.07) is 5.80. The van der Waals surface area contributed by atoms with Gasteiger partial charge in [-0.15, -0.1) is 0 Å². The molecule has 19 heavy (non-hydrogen) atoms. The number of methoxy groups -OCH3 is 1. The average Bonchev–Trinajstić information content (AvgIpc) is 2.37. The van der Waals surface area contributed by atoms with Gasteiger partial charge in [0, 0.05) is 10.7 Å². The first-order chi connectivity index (χ1) is 8.96. The molecule has 0 aliphatic carbocycles. The zero-order valence-electron chi connectivity index (χ0n) is 11.2. The van der Waals surface area contributed by atoms with Gasteiger partial charge >= 0.3 is 0 Å². The minimum atomic E-state index is -3.40. The Morgan fingerprint density at radius 1 is 1.21 bits per heavy atom. The van der Waals surface area contributed by atoms with Crippen LogP contribution in [0.3, 0.4) is 0 Å². The molecule has 0 heterocycles. The van der Waals surface area contributed by atoms with Crippen LogP contribution in [0.15, 0.2) is 18.2 Å². The molecule has 0 saturated heterocycles. The van der Waals surface area contributed by atoms with Crippen LogP contribution < -0.4 is 9.47 Å². The standard InChI is InChI=1S/C13H19ClO4S/c1-3-11-6-7-12(13(10-11)17-2)18-8-4-5-9-19(14,15)16/h6-7,10H,3-5,8-9H2,1-2H3. The maximum Gasteiger partial charge on any atom is 0.232 e. The van der Waals surface area contributed by atoms with Crippen LogP contribution in [0, 0.1) is 0 Å². The number of aryl methyl sites for hydroxylation is 1. The van der Waals surface area contributed by atoms with Gasteiger partial charge < -0.3 is 9.47 Å². The largest absolute Gasteiger partial charge is 0.493 e. The number of ether oxygens (including phenoxy) is 2. The van der Waals surface area contributed by atoms with Gasteiger partial charge in [0.25, 0.3) is 0 Å². The molecule has 0 bridgehead atoms. The van der Waals surface area contributed by atoms with Crippen molar-refractivity contribution in [3.05, 3.63) is 23.8 Å². The molecule has 6 heteroatoms. The Balaban J connectivity index is 2.45. The molecule has 0 radical (unpaired) electrons. The van der Waals surface area contributed by atoms with Crippen LogP contribution in [-0.4, -0.2) is 27.9 Å². The monoisotopic (exact) mass is 306 g/mol. The van der Waals surface area contributed by atoms with Crippen molar-refractivity contribution in [2.75, 3.05) is 19.5 Å². The van der Waals surface area contributed by atoms with Crippen LogP contribution in [0.1, 0.15) is 25.3 Å². The molecule has 0 aromatic heterocycles. The van der Waals surface area contributed by atoms with Crippen LogP contribution in [-0.2, 0) is 15.5 Å². The summed E-state index contributed by atoms with van der Waals surface area (Å²) in [5.41, 5.74) is 1.18. The summed E-state index contributed by atoms with van der Waals surface area (Å²) < 4.78 is 32.3. The van der Waals surface area contributed by atoms with E-state index < -0.39 is 9.05 Å². The first kappa shape index (κ1) is 16.1. The van der Waals surface area contributed by atoms with E-state index in [-0.39, 0.29) is 5.75 Å². The van der Waals surface area contributed by atoms with E-state index in [1.54, 1.807) is 7.11 Å². The van der Waals surface area contributed by atoms with E-state index in [9.17, 15) is 8.42 Å². The molecule has 4 nitrogen and oxygen atoms in total. The Bertz CT molecular complexity index is 499. The highest BCUT2D eigenvalue weighted by Crippen LogP contribution is 2.28. The summed E-state index contributed by atoms with van der Waals surface area (Å²) in [6.07, 6.45) is 2.05. The number of unbranched alkanes of at least 4 members (excludes halogenated alkanes) is 1. The molecule has 0 N–H and O–H groups in total. The molecule has 0 spiro atoms. The smallest absolute Gasteiger partial charge is 0.232 e. The highest BCUT2D eigenvalue weighted by Gasteiger charge is 2.07. The zero-order chi connectivity index (χ0) is 14.3. The van der Waals surface area contributed by atoms with Crippen LogP contribution >= 0.6 is 10.7 Å². The van der Waals surface area contributed by atoms with E-state index in [1.165, 1.54) is 5.56 Å². The lowest BCUT2D eigenvalue weighted by Crippen LogP contribution is -2.03. The molecule has 1 aromatic carbocycles. The van der Waals surface area contributed by atoms with Gasteiger partial charge in [0.1, 0.15) is 0 Å². The van der Waals surface area contributed by atoms with Crippen molar-refractivity contribution < 1.29 is 17.9 Å². The van der Waals surface area contributed by atoms with Crippen molar-refractivity contribution in [1.82, 2.24) is 0 Å². The third-order valence-electron chi connectivity index (χ3n) is 2.68. The van der Waals surface area contributed by atoms with Gasteiger partial charge in [-0.1, -0.05) is 13.0 Å². The van der Waals surface area contributed by atoms with E-state index in [0.717, 1.165) is 6.42 Å². The SMILES string of the molecule is CCc1ccc(OCCCCS(=O)(=O)Cl)c(OC)c1. The Morgan fingerprint density at radius 3 is 2.53 bits per heavy atom. The van der Waals surface area contributed by atoms with Crippen LogP contribution in [0.5, 0.6) is 11.5 Å². The molecule has 0 atom stereocenters. The average molecular weight is 307 g/mol. The Kier molecular flexibility index (Phi) is 6.45. The third-order valence-corrected chi connectivity index (χ3v) is 3.92. The van der Waals surface area contributed by atoms with Crippen LogP contribution in [0.2, 0.25) is 0 Å². The predicted octanol–water partition coefficient (Wildman–Crippen LogP) is 2.99. The van der Waals surface area contributed by atoms with Crippen molar-refractivity contribution in [2.24, 2.45) is 0 Å². The lowest BCUT2D eigenvalue weighted by molar-refractivity contribution is 0.288. The van der Waals surface area contributed by atoms with E-state index in [2.05, 4.69) is 6.92 Å². The molecular formula is C13H19ClO4S. The second kappa shape index (κ2) is 7.60. The molecular weight excluding hydrogens is 288 g/mol. The van der Waals surface area contributed by atoms with Gasteiger partial charge in [-0.3, -0.25) is 0 Å². The zero-order valence-corrected chi connectivity index (χ0v) is 12.8. The second-order valence-corrected chi connectivity index (χ2v) is 7.03. The highest BCUT2D eigenvalue weighted by molar-refractivity contribution is 8.13. The summed E-state index contributed by atoms with van der Waals surface area (Å²) in [5, 5.41) is 0. The molecule has 0 aliphatic rings. The van der Waals surface area contributed by atoms with Crippen LogP contribution in [0.25, 0.3) is 0 Å². The van der Waals surface area contributed by atoms with Crippen LogP contribution in [0.4, 0.5) is 0 Å². The lowest BCUT2D eigenvalue weighted by Gasteiger charge is -2.11. The van der Waals surface area contributed by atoms with Gasteiger partial charge in [-0.2, -0.15) is 0 Å².